The molecule has 0 saturated carbocycles. The maximum atomic E-state index is 10.0. The zero-order valence-corrected chi connectivity index (χ0v) is 36.1. The number of carboxylic acid groups (broad SMARTS) is 1. The maximum Gasteiger partial charge on any atom is 2.00 e. The Morgan fingerprint density at radius 3 is 0.810 bits per heavy atom. The summed E-state index contributed by atoms with van der Waals surface area (Å²) < 4.78 is 7.50. The Bertz CT molecular complexity index is 1940. The Balaban J connectivity index is 0.000000278. The number of aromatic carboxylic acids is 1. The first kappa shape index (κ1) is 48.8. The molecule has 290 valence electrons. The fraction of sp³-hybridized carbons (Fsp3) is 0.0200. The number of nitrogens with zero attached hydrogens (tertiary/aromatic N) is 1. The van der Waals surface area contributed by atoms with Gasteiger partial charge in [-0.2, -0.15) is 0 Å². The van der Waals surface area contributed by atoms with Gasteiger partial charge in [0.2, 0.25) is 0 Å². The first-order chi connectivity index (χ1) is 27.6. The molecule has 0 amide bonds. The van der Waals surface area contributed by atoms with Crippen LogP contribution in [0.1, 0.15) is 16.1 Å². The van der Waals surface area contributed by atoms with Gasteiger partial charge in [0.25, 0.3) is 0 Å². The van der Waals surface area contributed by atoms with Crippen molar-refractivity contribution in [3.63, 3.8) is 0 Å². The van der Waals surface area contributed by atoms with Crippen LogP contribution in [0.5, 0.6) is 0 Å². The Morgan fingerprint density at radius 1 is 0.431 bits per heavy atom. The van der Waals surface area contributed by atoms with Crippen molar-refractivity contribution in [2.45, 2.75) is 6.92 Å². The van der Waals surface area contributed by atoms with Gasteiger partial charge in [0.1, 0.15) is 0 Å². The fourth-order valence-corrected chi connectivity index (χ4v) is 9.99. The molecule has 0 unspecified atom stereocenters. The van der Waals surface area contributed by atoms with E-state index in [0.717, 1.165) is 0 Å². The average molecular weight is 903 g/mol. The van der Waals surface area contributed by atoms with Crippen molar-refractivity contribution in [2.24, 2.45) is 0 Å². The summed E-state index contributed by atoms with van der Waals surface area (Å²) in [7, 11) is -0.892. The van der Waals surface area contributed by atoms with E-state index < -0.39 is 21.8 Å². The number of aromatic nitrogens is 1. The number of benzene rings is 7. The van der Waals surface area contributed by atoms with E-state index in [0.29, 0.717) is 0 Å². The van der Waals surface area contributed by atoms with Crippen molar-refractivity contribution < 1.29 is 46.4 Å². The summed E-state index contributed by atoms with van der Waals surface area (Å²) in [5.74, 6) is -1.24. The normalized spacial score (nSPS) is 9.40. The second-order valence-corrected chi connectivity index (χ2v) is 16.3. The van der Waals surface area contributed by atoms with Gasteiger partial charge in [-0.3, -0.25) is 4.98 Å². The number of carbonyl (C=O) groups is 1. The van der Waals surface area contributed by atoms with Crippen LogP contribution in [0.15, 0.2) is 237 Å². The van der Waals surface area contributed by atoms with Crippen LogP contribution in [0.2, 0.25) is 0 Å². The summed E-state index contributed by atoms with van der Waals surface area (Å²) in [6.07, 6.45) is 1.41. The predicted molar refractivity (Wildman–Crippen MR) is 234 cm³/mol. The molecule has 0 fully saturated rings. The summed E-state index contributed by atoms with van der Waals surface area (Å²) in [6.45, 7) is 6.58. The molecule has 1 heterocycles. The van der Waals surface area contributed by atoms with Gasteiger partial charge in [-0.05, 0) is 66.7 Å². The van der Waals surface area contributed by atoms with E-state index in [1.807, 2.05) is 18.2 Å². The Kier molecular flexibility index (Phi) is 24.4. The van der Waals surface area contributed by atoms with Crippen molar-refractivity contribution in [1.29, 1.82) is 0 Å². The first-order valence-electron chi connectivity index (χ1n) is 17.8. The van der Waals surface area contributed by atoms with Crippen LogP contribution in [-0.2, 0) is 24.1 Å². The molecule has 0 N–H and O–H groups in total. The first-order valence-corrected chi connectivity index (χ1v) is 20.5. The van der Waals surface area contributed by atoms with Crippen LogP contribution in [0, 0.1) is 13.6 Å². The third kappa shape index (κ3) is 16.6. The number of hydrogen-bond donors (Lipinski definition) is 0. The van der Waals surface area contributed by atoms with E-state index in [-0.39, 0.29) is 37.6 Å². The van der Waals surface area contributed by atoms with Crippen molar-refractivity contribution >= 4 is 53.6 Å². The van der Waals surface area contributed by atoms with E-state index in [1.54, 1.807) is 12.1 Å². The van der Waals surface area contributed by atoms with Crippen molar-refractivity contribution in [3.05, 3.63) is 255 Å². The van der Waals surface area contributed by atoms with Gasteiger partial charge in [-0.15, -0.1) is 0 Å². The predicted octanol–water partition coefficient (Wildman–Crippen LogP) is 5.29. The molecule has 0 aliphatic heterocycles. The molecule has 0 aliphatic rings. The summed E-state index contributed by atoms with van der Waals surface area (Å²) in [6, 6.07) is 79.5. The minimum absolute atomic E-state index is 0. The molecule has 7 aromatic carbocycles. The van der Waals surface area contributed by atoms with Crippen LogP contribution < -0.4 is 49.3 Å². The van der Waals surface area contributed by atoms with Gasteiger partial charge in [0, 0.05) is 6.20 Å². The third-order valence-corrected chi connectivity index (χ3v) is 12.8. The van der Waals surface area contributed by atoms with Gasteiger partial charge < -0.3 is 22.3 Å². The minimum atomic E-state index is -1.24. The maximum absolute atomic E-state index is 10.0. The van der Waals surface area contributed by atoms with Crippen LogP contribution in [0.3, 0.4) is 0 Å². The van der Waals surface area contributed by atoms with Crippen LogP contribution in [0.25, 0.3) is 0 Å². The van der Waals surface area contributed by atoms with E-state index in [4.69, 9.17) is 4.65 Å². The smallest absolute Gasteiger partial charge is 1.00 e. The van der Waals surface area contributed by atoms with Crippen molar-refractivity contribution in [1.82, 2.24) is 4.98 Å². The number of carboxylic acids is 1. The molecule has 8 aromatic rings. The van der Waals surface area contributed by atoms with E-state index >= 15 is 0 Å². The molecule has 0 aliphatic carbocycles. The Morgan fingerprint density at radius 2 is 0.655 bits per heavy atom. The number of hydrogen-bond acceptors (Lipinski definition) is 3. The molecule has 8 rings (SSSR count). The Labute approximate surface area is 364 Å². The molecular weight excluding hydrogens is 861 g/mol. The number of pyridine rings is 1. The van der Waals surface area contributed by atoms with E-state index in [2.05, 4.69) is 213 Å². The van der Waals surface area contributed by atoms with Crippen LogP contribution in [0.4, 0.5) is 0 Å². The molecule has 0 radical (unpaired) electrons. The summed E-state index contributed by atoms with van der Waals surface area (Å²) in [4.78, 5) is 13.5. The standard InChI is InChI=1S/2C18H15P.C7H8.C6H5NO2.CO.ClH.Ru/c2*1-4-10-16(11-5-1)19(17-12-6-2-7-13-17)18-14-8-3-9-15-18;1-7-5-3-2-4-6-7;8-6(9)5-3-1-2-4-7-5;1-2;;/h2*1-15H;2-6H,1H3;1-4H,(H,8,9);;1H;/q;;;;;;+2/p-2. The fourth-order valence-electron chi connectivity index (χ4n) is 5.37. The monoisotopic (exact) mass is 903 g/mol. The topological polar surface area (TPSA) is 72.9 Å². The summed E-state index contributed by atoms with van der Waals surface area (Å²) in [5, 5.41) is 18.4. The molecule has 1 aromatic heterocycles. The molecule has 8 heteroatoms. The van der Waals surface area contributed by atoms with Crippen molar-refractivity contribution in [2.75, 3.05) is 0 Å². The second kappa shape index (κ2) is 29.0. The third-order valence-electron chi connectivity index (χ3n) is 7.90. The zero-order valence-electron chi connectivity index (χ0n) is 31.8. The molecular formula is C50H42ClNO3P2Ru. The number of aryl methyl sites for hydroxylation is 1. The van der Waals surface area contributed by atoms with Gasteiger partial charge in [-0.1, -0.05) is 224 Å². The van der Waals surface area contributed by atoms with Gasteiger partial charge >= 0.3 is 30.8 Å². The van der Waals surface area contributed by atoms with Crippen molar-refractivity contribution in [3.8, 4) is 0 Å². The largest absolute Gasteiger partial charge is 2.00 e. The molecule has 0 bridgehead atoms. The molecule has 0 atom stereocenters. The average Bonchev–Trinajstić information content (AvgIpc) is 3.28. The molecule has 58 heavy (non-hydrogen) atoms. The minimum Gasteiger partial charge on any atom is -1.00 e. The molecule has 0 spiro atoms. The summed E-state index contributed by atoms with van der Waals surface area (Å²) >= 11 is 0. The van der Waals surface area contributed by atoms with Crippen LogP contribution >= 0.6 is 15.8 Å². The van der Waals surface area contributed by atoms with Gasteiger partial charge in [-0.25, -0.2) is 0 Å². The van der Waals surface area contributed by atoms with Crippen LogP contribution in [-0.4, -0.2) is 11.0 Å². The van der Waals surface area contributed by atoms with Gasteiger partial charge in [0.05, 0.1) is 11.7 Å². The van der Waals surface area contributed by atoms with E-state index in [9.17, 15) is 9.90 Å². The quantitative estimate of drug-likeness (QED) is 0.0946. The SMILES string of the molecule is Cc1ccccc1.O=C([O-])c1ccccn1.[C-]#[O+].[Cl-].[Ru+2].c1ccc(P(c2ccccc2)c2ccccc2)cc1.c1ccc(P(c2ccccc2)c2ccccc2)cc1. The van der Waals surface area contributed by atoms with E-state index in [1.165, 1.54) is 49.7 Å². The Hall–Kier alpha value is -5.33. The number of carbonyl (C=O) groups excluding carboxylic acids is 1. The van der Waals surface area contributed by atoms with Gasteiger partial charge in [0.15, 0.2) is 0 Å². The summed E-state index contributed by atoms with van der Waals surface area (Å²) in [5.41, 5.74) is 1.29. The molecule has 4 nitrogen and oxygen atoms in total. The number of rotatable bonds is 7. The molecule has 0 saturated heterocycles. The zero-order chi connectivity index (χ0) is 39.6. The second-order valence-electron chi connectivity index (χ2n) is 11.8. The number of halogens is 1.